The van der Waals surface area contributed by atoms with E-state index in [1.807, 2.05) is 6.07 Å². The van der Waals surface area contributed by atoms with Crippen molar-refractivity contribution >= 4 is 33.8 Å². The molecule has 3 aliphatic heterocycles. The molecule has 5 aromatic rings. The van der Waals surface area contributed by atoms with E-state index >= 15 is 0 Å². The van der Waals surface area contributed by atoms with Gasteiger partial charge in [-0.1, -0.05) is 134 Å². The van der Waals surface area contributed by atoms with Gasteiger partial charge >= 0.3 is 0 Å². The van der Waals surface area contributed by atoms with Crippen LogP contribution in [0.1, 0.15) is 35.4 Å². The van der Waals surface area contributed by atoms with Crippen LogP contribution in [0.5, 0.6) is 0 Å². The van der Waals surface area contributed by atoms with Gasteiger partial charge in [-0.2, -0.15) is 0 Å². The Morgan fingerprint density at radius 2 is 1.55 bits per heavy atom. The van der Waals surface area contributed by atoms with E-state index in [1.165, 1.54) is 50.1 Å². The van der Waals surface area contributed by atoms with E-state index in [9.17, 15) is 0 Å². The van der Waals surface area contributed by atoms with E-state index in [-0.39, 0.29) is 18.2 Å². The summed E-state index contributed by atoms with van der Waals surface area (Å²) in [5.74, 6) is 2.12. The molecule has 0 amide bonds. The average Bonchev–Trinajstić information content (AvgIpc) is 3.52. The van der Waals surface area contributed by atoms with Gasteiger partial charge in [0.05, 0.1) is 11.4 Å². The maximum Gasteiger partial charge on any atom is 0.159 e. The third-order valence-corrected chi connectivity index (χ3v) is 10.6. The molecular formula is C44H35N5. The van der Waals surface area contributed by atoms with Crippen LogP contribution in [0.25, 0.3) is 21.9 Å². The van der Waals surface area contributed by atoms with Crippen LogP contribution < -0.4 is 15.5 Å². The molecule has 5 heteroatoms. The van der Waals surface area contributed by atoms with Gasteiger partial charge in [0.1, 0.15) is 18.2 Å². The number of nitrogens with one attached hydrogen (secondary N) is 2. The van der Waals surface area contributed by atoms with Gasteiger partial charge in [0.15, 0.2) is 5.84 Å². The fourth-order valence-corrected chi connectivity index (χ4v) is 8.16. The van der Waals surface area contributed by atoms with Gasteiger partial charge < -0.3 is 15.5 Å². The van der Waals surface area contributed by atoms with Crippen molar-refractivity contribution in [2.45, 2.75) is 31.1 Å². The molecule has 0 saturated heterocycles. The van der Waals surface area contributed by atoms with Gasteiger partial charge in [0.25, 0.3) is 0 Å². The minimum Gasteiger partial charge on any atom is -0.359 e. The van der Waals surface area contributed by atoms with Gasteiger partial charge in [0, 0.05) is 34.2 Å². The van der Waals surface area contributed by atoms with Gasteiger partial charge in [-0.25, -0.2) is 9.98 Å². The number of nitrogens with zero attached hydrogens (tertiary/aromatic N) is 3. The lowest BCUT2D eigenvalue weighted by atomic mass is 9.85. The zero-order chi connectivity index (χ0) is 32.3. The van der Waals surface area contributed by atoms with E-state index in [0.29, 0.717) is 5.92 Å². The highest BCUT2D eigenvalue weighted by molar-refractivity contribution is 6.13. The standard InChI is InChI=1S/C44H35N5/c1-2-12-29(13-3-1)41-46-42(48-43(47-41)33-26-21-28-11-4-5-14-32(28)27-33)30-22-24-31(25-23-30)44-45-38-19-10-18-37-35-16-7-6-15-34(35)36-17-8-9-20-39(36)49(44)40(37)38/h1-16,18-22,24-27,30,36,42,44-45H,17,23H2,(H,46,47,48). The molecule has 5 aliphatic rings. The zero-order valence-corrected chi connectivity index (χ0v) is 27.0. The molecule has 0 bridgehead atoms. The fraction of sp³-hybridized carbons (Fsp3) is 0.136. The predicted octanol–water partition coefficient (Wildman–Crippen LogP) is 9.33. The molecule has 0 fully saturated rings. The van der Waals surface area contributed by atoms with Crippen LogP contribution in [0.3, 0.4) is 0 Å². The first-order chi connectivity index (χ1) is 24.3. The van der Waals surface area contributed by atoms with Crippen LogP contribution in [0.15, 0.2) is 173 Å². The molecular weight excluding hydrogens is 599 g/mol. The van der Waals surface area contributed by atoms with E-state index in [2.05, 4.69) is 161 Å². The van der Waals surface area contributed by atoms with Crippen LogP contribution in [-0.2, 0) is 0 Å². The number of amidine groups is 2. The number of anilines is 2. The molecule has 236 valence electrons. The average molecular weight is 634 g/mol. The van der Waals surface area contributed by atoms with E-state index in [0.717, 1.165) is 35.6 Å². The number of hydrogen-bond acceptors (Lipinski definition) is 5. The highest BCUT2D eigenvalue weighted by Crippen LogP contribution is 2.54. The lowest BCUT2D eigenvalue weighted by Gasteiger charge is -2.35. The molecule has 2 aliphatic carbocycles. The number of rotatable bonds is 4. The predicted molar refractivity (Wildman–Crippen MR) is 202 cm³/mol. The van der Waals surface area contributed by atoms with E-state index in [1.54, 1.807) is 0 Å². The molecule has 0 radical (unpaired) electrons. The SMILES string of the molecule is C1=CCC2C(=C1)N1c3c(cccc3-c3ccccc32)NC1C1=CCC(C2N=C(c3ccccc3)N=C(c3ccc4ccccc4c3)N2)C=C1. The number of allylic oxidation sites excluding steroid dienone is 5. The Morgan fingerprint density at radius 1 is 0.714 bits per heavy atom. The minimum absolute atomic E-state index is 0.0142. The monoisotopic (exact) mass is 633 g/mol. The second-order valence-corrected chi connectivity index (χ2v) is 13.4. The molecule has 5 nitrogen and oxygen atoms in total. The summed E-state index contributed by atoms with van der Waals surface area (Å²) in [4.78, 5) is 12.8. The summed E-state index contributed by atoms with van der Waals surface area (Å²) in [6.07, 6.45) is 15.7. The smallest absolute Gasteiger partial charge is 0.159 e. The summed E-state index contributed by atoms with van der Waals surface area (Å²) in [5, 5.41) is 10.1. The van der Waals surface area contributed by atoms with Crippen molar-refractivity contribution in [1.82, 2.24) is 5.32 Å². The Morgan fingerprint density at radius 3 is 2.45 bits per heavy atom. The Labute approximate surface area is 286 Å². The molecule has 4 unspecified atom stereocenters. The molecule has 5 aromatic carbocycles. The van der Waals surface area contributed by atoms with Gasteiger partial charge in [-0.05, 0) is 58.5 Å². The summed E-state index contributed by atoms with van der Waals surface area (Å²) in [5.41, 5.74) is 11.2. The molecule has 2 N–H and O–H groups in total. The zero-order valence-electron chi connectivity index (χ0n) is 27.0. The summed E-state index contributed by atoms with van der Waals surface area (Å²) in [6, 6.07) is 41.0. The lowest BCUT2D eigenvalue weighted by Crippen LogP contribution is -2.43. The second kappa shape index (κ2) is 11.3. The van der Waals surface area contributed by atoms with Gasteiger partial charge in [-0.3, -0.25) is 0 Å². The number of para-hydroxylation sites is 1. The molecule has 0 spiro atoms. The summed E-state index contributed by atoms with van der Waals surface area (Å²) >= 11 is 0. The second-order valence-electron chi connectivity index (χ2n) is 13.4. The number of benzene rings is 5. The van der Waals surface area contributed by atoms with Crippen LogP contribution >= 0.6 is 0 Å². The van der Waals surface area contributed by atoms with Gasteiger partial charge in [-0.15, -0.1) is 0 Å². The third-order valence-electron chi connectivity index (χ3n) is 10.6. The van der Waals surface area contributed by atoms with Crippen LogP contribution in [-0.4, -0.2) is 24.0 Å². The first-order valence-corrected chi connectivity index (χ1v) is 17.3. The quantitative estimate of drug-likeness (QED) is 0.207. The first-order valence-electron chi connectivity index (χ1n) is 17.3. The van der Waals surface area contributed by atoms with Crippen LogP contribution in [0, 0.1) is 5.92 Å². The van der Waals surface area contributed by atoms with Crippen molar-refractivity contribution in [1.29, 1.82) is 0 Å². The van der Waals surface area contributed by atoms with Gasteiger partial charge in [0.2, 0.25) is 0 Å². The van der Waals surface area contributed by atoms with Crippen LogP contribution in [0.4, 0.5) is 11.4 Å². The molecule has 0 saturated carbocycles. The number of aliphatic imine (C=N–C) groups is 2. The van der Waals surface area contributed by atoms with Crippen molar-refractivity contribution in [2.24, 2.45) is 15.9 Å². The van der Waals surface area contributed by atoms with Crippen molar-refractivity contribution in [3.05, 3.63) is 180 Å². The maximum atomic E-state index is 5.20. The topological polar surface area (TPSA) is 52.0 Å². The van der Waals surface area contributed by atoms with E-state index < -0.39 is 0 Å². The molecule has 3 heterocycles. The fourth-order valence-electron chi connectivity index (χ4n) is 8.16. The lowest BCUT2D eigenvalue weighted by molar-refractivity contribution is 0.473. The summed E-state index contributed by atoms with van der Waals surface area (Å²) in [6.45, 7) is 0. The Bertz CT molecular complexity index is 2320. The third kappa shape index (κ3) is 4.68. The normalized spacial score (nSPS) is 23.1. The van der Waals surface area contributed by atoms with Crippen molar-refractivity contribution in [3.63, 3.8) is 0 Å². The summed E-state index contributed by atoms with van der Waals surface area (Å²) < 4.78 is 0. The Hall–Kier alpha value is -5.94. The first kappa shape index (κ1) is 28.1. The Balaban J connectivity index is 0.981. The highest BCUT2D eigenvalue weighted by Gasteiger charge is 2.41. The largest absolute Gasteiger partial charge is 0.359 e. The maximum absolute atomic E-state index is 5.20. The minimum atomic E-state index is -0.146. The summed E-state index contributed by atoms with van der Waals surface area (Å²) in [7, 11) is 0. The Kier molecular flexibility index (Phi) is 6.51. The number of hydrogen-bond donors (Lipinski definition) is 2. The molecule has 10 rings (SSSR count). The van der Waals surface area contributed by atoms with Crippen molar-refractivity contribution in [2.75, 3.05) is 10.2 Å². The van der Waals surface area contributed by atoms with Crippen molar-refractivity contribution < 1.29 is 0 Å². The highest BCUT2D eigenvalue weighted by atomic mass is 15.3. The number of fused-ring (bicyclic) bond motifs is 6. The molecule has 49 heavy (non-hydrogen) atoms. The molecule has 0 aromatic heterocycles. The van der Waals surface area contributed by atoms with Crippen LogP contribution in [0.2, 0.25) is 0 Å². The molecule has 4 atom stereocenters. The van der Waals surface area contributed by atoms with Crippen molar-refractivity contribution in [3.8, 4) is 11.1 Å². The van der Waals surface area contributed by atoms with E-state index in [4.69, 9.17) is 9.98 Å².